The van der Waals surface area contributed by atoms with Crippen molar-refractivity contribution < 1.29 is 18.0 Å². The molecule has 1 aliphatic rings. The molecular formula is C12H23N3O4S. The minimum absolute atomic E-state index is 0.0193. The van der Waals surface area contributed by atoms with Gasteiger partial charge in [0.05, 0.1) is 11.8 Å². The molecule has 1 heterocycles. The number of carbonyl (C=O) groups excluding carboxylic acids is 2. The van der Waals surface area contributed by atoms with E-state index in [0.29, 0.717) is 19.5 Å². The van der Waals surface area contributed by atoms with Crippen LogP contribution < -0.4 is 10.0 Å². The van der Waals surface area contributed by atoms with Crippen LogP contribution in [0.2, 0.25) is 0 Å². The van der Waals surface area contributed by atoms with Gasteiger partial charge < -0.3 is 10.2 Å². The molecule has 2 amide bonds. The fourth-order valence-corrected chi connectivity index (χ4v) is 3.46. The molecule has 7 nitrogen and oxygen atoms in total. The summed E-state index contributed by atoms with van der Waals surface area (Å²) in [4.78, 5) is 25.6. The fraction of sp³-hybridized carbons (Fsp3) is 0.833. The average Bonchev–Trinajstić information content (AvgIpc) is 2.31. The van der Waals surface area contributed by atoms with Crippen LogP contribution in [0.4, 0.5) is 0 Å². The minimum Gasteiger partial charge on any atom is -0.352 e. The van der Waals surface area contributed by atoms with Crippen LogP contribution in [-0.2, 0) is 19.6 Å². The molecule has 1 rings (SSSR count). The second-order valence-corrected chi connectivity index (χ2v) is 7.34. The topological polar surface area (TPSA) is 95.6 Å². The summed E-state index contributed by atoms with van der Waals surface area (Å²) >= 11 is 0. The molecule has 0 aromatic rings. The van der Waals surface area contributed by atoms with Crippen molar-refractivity contribution in [2.45, 2.75) is 45.7 Å². The van der Waals surface area contributed by atoms with Crippen molar-refractivity contribution in [3.05, 3.63) is 0 Å². The first-order valence-electron chi connectivity index (χ1n) is 6.71. The third-order valence-electron chi connectivity index (χ3n) is 3.32. The van der Waals surface area contributed by atoms with Crippen molar-refractivity contribution >= 4 is 21.8 Å². The van der Waals surface area contributed by atoms with Gasteiger partial charge in [0, 0.05) is 13.1 Å². The van der Waals surface area contributed by atoms with Crippen molar-refractivity contribution in [3.8, 4) is 0 Å². The Bertz CT molecular complexity index is 487. The summed E-state index contributed by atoms with van der Waals surface area (Å²) in [6.45, 7) is 7.29. The van der Waals surface area contributed by atoms with Gasteiger partial charge in [-0.1, -0.05) is 6.92 Å². The lowest BCUT2D eigenvalue weighted by atomic mass is 9.98. The van der Waals surface area contributed by atoms with Crippen LogP contribution in [0, 0.1) is 0 Å². The summed E-state index contributed by atoms with van der Waals surface area (Å²) in [6.07, 6.45) is 0.480. The molecule has 1 atom stereocenters. The second-order valence-electron chi connectivity index (χ2n) is 5.46. The van der Waals surface area contributed by atoms with Crippen molar-refractivity contribution in [1.82, 2.24) is 14.9 Å². The van der Waals surface area contributed by atoms with Crippen LogP contribution in [0.1, 0.15) is 34.1 Å². The Morgan fingerprint density at radius 2 is 2.10 bits per heavy atom. The van der Waals surface area contributed by atoms with Crippen molar-refractivity contribution in [2.24, 2.45) is 0 Å². The summed E-state index contributed by atoms with van der Waals surface area (Å²) in [6, 6.07) is -0.878. The minimum atomic E-state index is -3.46. The van der Waals surface area contributed by atoms with Gasteiger partial charge in [-0.05, 0) is 27.2 Å². The van der Waals surface area contributed by atoms with Gasteiger partial charge in [0.15, 0.2) is 0 Å². The van der Waals surface area contributed by atoms with Gasteiger partial charge in [-0.3, -0.25) is 9.59 Å². The molecule has 1 unspecified atom stereocenters. The van der Waals surface area contributed by atoms with Gasteiger partial charge in [-0.2, -0.15) is 0 Å². The summed E-state index contributed by atoms with van der Waals surface area (Å²) < 4.78 is 25.7. The van der Waals surface area contributed by atoms with E-state index >= 15 is 0 Å². The van der Waals surface area contributed by atoms with Crippen LogP contribution >= 0.6 is 0 Å². The first kappa shape index (κ1) is 16.9. The maximum absolute atomic E-state index is 12.4. The number of hydrogen-bond donors (Lipinski definition) is 2. The van der Waals surface area contributed by atoms with Crippen molar-refractivity contribution in [1.29, 1.82) is 0 Å². The maximum Gasteiger partial charge on any atom is 0.245 e. The van der Waals surface area contributed by atoms with Crippen molar-refractivity contribution in [2.75, 3.05) is 18.8 Å². The van der Waals surface area contributed by atoms with E-state index in [9.17, 15) is 18.0 Å². The zero-order chi connectivity index (χ0) is 15.6. The van der Waals surface area contributed by atoms with E-state index in [2.05, 4.69) is 10.0 Å². The Morgan fingerprint density at radius 1 is 1.50 bits per heavy atom. The normalized spacial score (nSPS) is 20.4. The molecule has 0 aromatic carbocycles. The SMILES string of the molecule is CCCS(=O)(=O)NC(C)C(=O)N1CCNC(=O)C1(C)C. The number of piperazine rings is 1. The number of rotatable bonds is 5. The highest BCUT2D eigenvalue weighted by Gasteiger charge is 2.42. The lowest BCUT2D eigenvalue weighted by molar-refractivity contribution is -0.150. The summed E-state index contributed by atoms with van der Waals surface area (Å²) in [5.41, 5.74) is -0.972. The highest BCUT2D eigenvalue weighted by atomic mass is 32.2. The van der Waals surface area contributed by atoms with Gasteiger partial charge in [0.1, 0.15) is 5.54 Å². The molecule has 0 aromatic heterocycles. The Hall–Kier alpha value is -1.15. The maximum atomic E-state index is 12.4. The van der Waals surface area contributed by atoms with Crippen LogP contribution in [0.15, 0.2) is 0 Å². The molecule has 1 saturated heterocycles. The van der Waals surface area contributed by atoms with E-state index in [0.717, 1.165) is 0 Å². The quantitative estimate of drug-likeness (QED) is 0.712. The van der Waals surface area contributed by atoms with Crippen molar-refractivity contribution in [3.63, 3.8) is 0 Å². The highest BCUT2D eigenvalue weighted by Crippen LogP contribution is 2.18. The van der Waals surface area contributed by atoms with E-state index in [-0.39, 0.29) is 17.6 Å². The van der Waals surface area contributed by atoms with E-state index < -0.39 is 21.6 Å². The number of amides is 2. The van der Waals surface area contributed by atoms with Gasteiger partial charge >= 0.3 is 0 Å². The zero-order valence-corrected chi connectivity index (χ0v) is 13.2. The van der Waals surface area contributed by atoms with Gasteiger partial charge in [0.2, 0.25) is 21.8 Å². The number of nitrogens with zero attached hydrogens (tertiary/aromatic N) is 1. The lowest BCUT2D eigenvalue weighted by Crippen LogP contribution is -2.65. The Balaban J connectivity index is 2.81. The number of sulfonamides is 1. The predicted octanol–water partition coefficient (Wildman–Crippen LogP) is -0.559. The standard InChI is InChI=1S/C12H23N3O4S/c1-5-8-20(18,19)14-9(2)10(16)15-7-6-13-11(17)12(15,3)4/h9,14H,5-8H2,1-4H3,(H,13,17). The second kappa shape index (κ2) is 6.09. The van der Waals surface area contributed by atoms with E-state index in [1.165, 1.54) is 11.8 Å². The van der Waals surface area contributed by atoms with Gasteiger partial charge in [0.25, 0.3) is 0 Å². The summed E-state index contributed by atoms with van der Waals surface area (Å²) in [5.74, 6) is -0.639. The largest absolute Gasteiger partial charge is 0.352 e. The summed E-state index contributed by atoms with van der Waals surface area (Å²) in [5, 5.41) is 2.69. The molecule has 20 heavy (non-hydrogen) atoms. The molecule has 0 saturated carbocycles. The molecule has 2 N–H and O–H groups in total. The molecule has 8 heteroatoms. The monoisotopic (exact) mass is 305 g/mol. The first-order valence-corrected chi connectivity index (χ1v) is 8.37. The third kappa shape index (κ3) is 3.69. The Labute approximate surface area is 120 Å². The van der Waals surface area contributed by atoms with E-state index in [4.69, 9.17) is 0 Å². The van der Waals surface area contributed by atoms with E-state index in [1.807, 2.05) is 0 Å². The van der Waals surface area contributed by atoms with Gasteiger partial charge in [-0.15, -0.1) is 0 Å². The predicted molar refractivity (Wildman–Crippen MR) is 75.5 cm³/mol. The third-order valence-corrected chi connectivity index (χ3v) is 4.98. The molecule has 1 aliphatic heterocycles. The molecular weight excluding hydrogens is 282 g/mol. The number of hydrogen-bond acceptors (Lipinski definition) is 4. The molecule has 0 radical (unpaired) electrons. The van der Waals surface area contributed by atoms with Crippen LogP contribution in [-0.4, -0.2) is 55.6 Å². The Kier molecular flexibility index (Phi) is 5.15. The van der Waals surface area contributed by atoms with Crippen LogP contribution in [0.3, 0.4) is 0 Å². The molecule has 0 bridgehead atoms. The van der Waals surface area contributed by atoms with Crippen LogP contribution in [0.5, 0.6) is 0 Å². The number of carbonyl (C=O) groups is 2. The Morgan fingerprint density at radius 3 is 2.65 bits per heavy atom. The zero-order valence-electron chi connectivity index (χ0n) is 12.4. The smallest absolute Gasteiger partial charge is 0.245 e. The fourth-order valence-electron chi connectivity index (χ4n) is 2.17. The molecule has 0 spiro atoms. The molecule has 0 aliphatic carbocycles. The first-order chi connectivity index (χ1) is 9.12. The highest BCUT2D eigenvalue weighted by molar-refractivity contribution is 7.89. The molecule has 1 fully saturated rings. The van der Waals surface area contributed by atoms with Crippen LogP contribution in [0.25, 0.3) is 0 Å². The number of nitrogens with one attached hydrogen (secondary N) is 2. The van der Waals surface area contributed by atoms with E-state index in [1.54, 1.807) is 20.8 Å². The molecule has 116 valence electrons. The lowest BCUT2D eigenvalue weighted by Gasteiger charge is -2.42. The average molecular weight is 305 g/mol. The van der Waals surface area contributed by atoms with Gasteiger partial charge in [-0.25, -0.2) is 13.1 Å². The summed E-state index contributed by atoms with van der Waals surface area (Å²) in [7, 11) is -3.46.